The smallest absolute Gasteiger partial charge is 0.271 e. The summed E-state index contributed by atoms with van der Waals surface area (Å²) in [6, 6.07) is 3.05. The highest BCUT2D eigenvalue weighted by molar-refractivity contribution is 6.47. The fraction of sp³-hybridized carbons (Fsp3) is 0.167. The number of hydrogen-bond acceptors (Lipinski definition) is 4. The Morgan fingerprint density at radius 3 is 1.50 bits per heavy atom. The van der Waals surface area contributed by atoms with Gasteiger partial charge in [0.1, 0.15) is 0 Å². The molecule has 4 heteroatoms. The molecule has 0 atom stereocenters. The Labute approximate surface area is 91.9 Å². The lowest BCUT2D eigenvalue weighted by atomic mass is 10.1. The standard InChI is InChI=1S/C12H10O4/c1-7-3-9(15-5-7)11(13)12(14)10-4-8(2)6-16-10/h3-6H,1-2H3. The topological polar surface area (TPSA) is 60.4 Å². The van der Waals surface area contributed by atoms with Crippen molar-refractivity contribution in [2.24, 2.45) is 0 Å². The van der Waals surface area contributed by atoms with E-state index in [1.807, 2.05) is 0 Å². The summed E-state index contributed by atoms with van der Waals surface area (Å²) in [4.78, 5) is 23.3. The second-order valence-corrected chi connectivity index (χ2v) is 3.63. The zero-order valence-corrected chi connectivity index (χ0v) is 8.94. The van der Waals surface area contributed by atoms with E-state index in [0.717, 1.165) is 11.1 Å². The molecular weight excluding hydrogens is 208 g/mol. The molecule has 0 saturated carbocycles. The van der Waals surface area contributed by atoms with Crippen molar-refractivity contribution >= 4 is 11.6 Å². The lowest BCUT2D eigenvalue weighted by Crippen LogP contribution is -2.12. The van der Waals surface area contributed by atoms with Crippen LogP contribution in [-0.2, 0) is 0 Å². The van der Waals surface area contributed by atoms with Crippen molar-refractivity contribution < 1.29 is 18.4 Å². The van der Waals surface area contributed by atoms with Crippen molar-refractivity contribution in [1.82, 2.24) is 0 Å². The fourth-order valence-corrected chi connectivity index (χ4v) is 1.32. The van der Waals surface area contributed by atoms with E-state index in [2.05, 4.69) is 0 Å². The molecule has 2 heterocycles. The number of ketones is 2. The lowest BCUT2D eigenvalue weighted by molar-refractivity contribution is 0.0785. The van der Waals surface area contributed by atoms with E-state index >= 15 is 0 Å². The molecule has 0 N–H and O–H groups in total. The molecule has 2 aromatic heterocycles. The van der Waals surface area contributed by atoms with Gasteiger partial charge in [0.2, 0.25) is 0 Å². The third-order valence-electron chi connectivity index (χ3n) is 2.11. The van der Waals surface area contributed by atoms with Crippen LogP contribution in [0.2, 0.25) is 0 Å². The summed E-state index contributed by atoms with van der Waals surface area (Å²) in [5, 5.41) is 0. The van der Waals surface area contributed by atoms with Crippen LogP contribution in [0.15, 0.2) is 33.5 Å². The number of rotatable bonds is 3. The minimum absolute atomic E-state index is 0.0385. The highest BCUT2D eigenvalue weighted by Crippen LogP contribution is 2.13. The third kappa shape index (κ3) is 1.82. The van der Waals surface area contributed by atoms with Crippen LogP contribution >= 0.6 is 0 Å². The minimum Gasteiger partial charge on any atom is -0.460 e. The van der Waals surface area contributed by atoms with Crippen LogP contribution in [0.4, 0.5) is 0 Å². The number of hydrogen-bond donors (Lipinski definition) is 0. The maximum Gasteiger partial charge on any atom is 0.271 e. The molecule has 0 radical (unpaired) electrons. The van der Waals surface area contributed by atoms with Gasteiger partial charge in [-0.15, -0.1) is 0 Å². The van der Waals surface area contributed by atoms with E-state index in [1.54, 1.807) is 13.8 Å². The molecule has 82 valence electrons. The van der Waals surface area contributed by atoms with E-state index in [1.165, 1.54) is 24.7 Å². The van der Waals surface area contributed by atoms with Crippen molar-refractivity contribution in [2.45, 2.75) is 13.8 Å². The van der Waals surface area contributed by atoms with Crippen LogP contribution in [0.3, 0.4) is 0 Å². The van der Waals surface area contributed by atoms with Gasteiger partial charge in [-0.25, -0.2) is 0 Å². The van der Waals surface area contributed by atoms with Crippen molar-refractivity contribution in [3.63, 3.8) is 0 Å². The Balaban J connectivity index is 2.26. The van der Waals surface area contributed by atoms with Crippen molar-refractivity contribution in [3.05, 3.63) is 47.3 Å². The van der Waals surface area contributed by atoms with Gasteiger partial charge in [0.15, 0.2) is 11.5 Å². The van der Waals surface area contributed by atoms with Crippen molar-refractivity contribution in [2.75, 3.05) is 0 Å². The highest BCUT2D eigenvalue weighted by atomic mass is 16.3. The van der Waals surface area contributed by atoms with Gasteiger partial charge in [-0.3, -0.25) is 9.59 Å². The molecule has 0 fully saturated rings. The highest BCUT2D eigenvalue weighted by Gasteiger charge is 2.23. The van der Waals surface area contributed by atoms with Gasteiger partial charge in [0, 0.05) is 0 Å². The van der Waals surface area contributed by atoms with E-state index in [-0.39, 0.29) is 11.5 Å². The SMILES string of the molecule is Cc1coc(C(=O)C(=O)c2cc(C)co2)c1. The summed E-state index contributed by atoms with van der Waals surface area (Å²) in [6.45, 7) is 3.56. The first-order chi connectivity index (χ1) is 7.58. The average Bonchev–Trinajstić information content (AvgIpc) is 2.85. The van der Waals surface area contributed by atoms with Gasteiger partial charge >= 0.3 is 0 Å². The Morgan fingerprint density at radius 1 is 0.875 bits per heavy atom. The predicted molar refractivity (Wildman–Crippen MR) is 55.6 cm³/mol. The normalized spacial score (nSPS) is 10.4. The maximum atomic E-state index is 11.7. The van der Waals surface area contributed by atoms with E-state index < -0.39 is 11.6 Å². The van der Waals surface area contributed by atoms with Crippen LogP contribution in [0.25, 0.3) is 0 Å². The summed E-state index contributed by atoms with van der Waals surface area (Å²) < 4.78 is 9.93. The minimum atomic E-state index is -0.692. The van der Waals surface area contributed by atoms with Gasteiger partial charge in [0.25, 0.3) is 11.6 Å². The molecule has 0 aromatic carbocycles. The molecule has 0 bridgehead atoms. The fourth-order valence-electron chi connectivity index (χ4n) is 1.32. The second-order valence-electron chi connectivity index (χ2n) is 3.63. The van der Waals surface area contributed by atoms with Crippen LogP contribution in [-0.4, -0.2) is 11.6 Å². The largest absolute Gasteiger partial charge is 0.460 e. The Bertz CT molecular complexity index is 495. The van der Waals surface area contributed by atoms with E-state index in [0.29, 0.717) is 0 Å². The molecule has 2 aromatic rings. The van der Waals surface area contributed by atoms with Gasteiger partial charge < -0.3 is 8.83 Å². The molecule has 0 aliphatic heterocycles. The predicted octanol–water partition coefficient (Wildman–Crippen LogP) is 2.56. The summed E-state index contributed by atoms with van der Waals surface area (Å²) in [6.07, 6.45) is 2.85. The molecule has 0 spiro atoms. The van der Waals surface area contributed by atoms with E-state index in [4.69, 9.17) is 8.83 Å². The molecule has 0 saturated heterocycles. The molecule has 0 aliphatic rings. The molecular formula is C12H10O4. The molecule has 0 aliphatic carbocycles. The number of aryl methyl sites for hydroxylation is 2. The van der Waals surface area contributed by atoms with Gasteiger partial charge in [-0.1, -0.05) is 0 Å². The van der Waals surface area contributed by atoms with Crippen LogP contribution in [0.5, 0.6) is 0 Å². The molecule has 4 nitrogen and oxygen atoms in total. The first-order valence-electron chi connectivity index (χ1n) is 4.77. The zero-order chi connectivity index (χ0) is 11.7. The van der Waals surface area contributed by atoms with Crippen LogP contribution in [0.1, 0.15) is 32.2 Å². The number of carbonyl (C=O) groups excluding carboxylic acids is 2. The number of Topliss-reactive ketones (excluding diaryl/α,β-unsaturated/α-hetero) is 2. The number of carbonyl (C=O) groups is 2. The van der Waals surface area contributed by atoms with E-state index in [9.17, 15) is 9.59 Å². The monoisotopic (exact) mass is 218 g/mol. The summed E-state index contributed by atoms with van der Waals surface area (Å²) >= 11 is 0. The molecule has 0 amide bonds. The molecule has 16 heavy (non-hydrogen) atoms. The maximum absolute atomic E-state index is 11.7. The van der Waals surface area contributed by atoms with Crippen molar-refractivity contribution in [3.8, 4) is 0 Å². The van der Waals surface area contributed by atoms with Gasteiger partial charge in [-0.05, 0) is 37.1 Å². The third-order valence-corrected chi connectivity index (χ3v) is 2.11. The Hall–Kier alpha value is -2.10. The molecule has 0 unspecified atom stereocenters. The zero-order valence-electron chi connectivity index (χ0n) is 8.94. The average molecular weight is 218 g/mol. The van der Waals surface area contributed by atoms with Gasteiger partial charge in [0.05, 0.1) is 12.5 Å². The first-order valence-corrected chi connectivity index (χ1v) is 4.77. The Morgan fingerprint density at radius 2 is 1.25 bits per heavy atom. The second kappa shape index (κ2) is 3.81. The van der Waals surface area contributed by atoms with Crippen LogP contribution < -0.4 is 0 Å². The number of furan rings is 2. The Kier molecular flexibility index (Phi) is 2.48. The van der Waals surface area contributed by atoms with Crippen molar-refractivity contribution in [1.29, 1.82) is 0 Å². The summed E-state index contributed by atoms with van der Waals surface area (Å²) in [5.74, 6) is -1.31. The summed E-state index contributed by atoms with van der Waals surface area (Å²) in [7, 11) is 0. The summed E-state index contributed by atoms with van der Waals surface area (Å²) in [5.41, 5.74) is 1.60. The lowest BCUT2D eigenvalue weighted by Gasteiger charge is -1.92. The van der Waals surface area contributed by atoms with Gasteiger partial charge in [-0.2, -0.15) is 0 Å². The first kappa shape index (κ1) is 10.4. The molecule has 2 rings (SSSR count). The quantitative estimate of drug-likeness (QED) is 0.586. The van der Waals surface area contributed by atoms with Crippen LogP contribution in [0, 0.1) is 13.8 Å².